The number of halogens is 4. The Kier molecular flexibility index (Phi) is 6.58. The zero-order valence-corrected chi connectivity index (χ0v) is 14.3. The number of amides is 1. The van der Waals surface area contributed by atoms with Crippen molar-refractivity contribution in [2.75, 3.05) is 33.7 Å². The number of nitrogens with two attached hydrogens (primary N) is 1. The lowest BCUT2D eigenvalue weighted by Gasteiger charge is -2.20. The topological polar surface area (TPSA) is 95.7 Å². The number of likely N-dealkylation sites (tertiary alicyclic amines) is 1. The first-order chi connectivity index (χ1) is 10.8. The van der Waals surface area contributed by atoms with Gasteiger partial charge in [0, 0.05) is 20.6 Å². The third-order valence-corrected chi connectivity index (χ3v) is 5.18. The molecule has 0 aromatic rings. The third kappa shape index (κ3) is 5.01. The van der Waals surface area contributed by atoms with Crippen LogP contribution in [0.3, 0.4) is 0 Å². The first kappa shape index (κ1) is 21.1. The second-order valence-electron chi connectivity index (χ2n) is 5.89. The van der Waals surface area contributed by atoms with Crippen LogP contribution in [0.25, 0.3) is 0 Å². The minimum Gasteiger partial charge on any atom is -0.329 e. The van der Waals surface area contributed by atoms with E-state index in [2.05, 4.69) is 4.72 Å². The molecule has 1 amide bonds. The molecule has 0 unspecified atom stereocenters. The maximum Gasteiger partial charge on any atom is 0.329 e. The average Bonchev–Trinajstić information content (AvgIpc) is 2.65. The quantitative estimate of drug-likeness (QED) is 0.459. The van der Waals surface area contributed by atoms with Gasteiger partial charge in [0.15, 0.2) is 0 Å². The first-order valence-corrected chi connectivity index (χ1v) is 8.71. The number of alkyl halides is 4. The maximum atomic E-state index is 13.1. The molecular formula is C12H22F4N4O3S. The van der Waals surface area contributed by atoms with Crippen LogP contribution < -0.4 is 10.5 Å². The summed E-state index contributed by atoms with van der Waals surface area (Å²) in [5.74, 6) is -9.47. The Hall–Kier alpha value is -0.980. The van der Waals surface area contributed by atoms with E-state index in [0.29, 0.717) is 17.7 Å². The third-order valence-electron chi connectivity index (χ3n) is 3.65. The Balaban J connectivity index is 2.36. The highest BCUT2D eigenvalue weighted by Crippen LogP contribution is 2.41. The lowest BCUT2D eigenvalue weighted by Crippen LogP contribution is -2.43. The Morgan fingerprint density at radius 3 is 2.17 bits per heavy atom. The molecule has 142 valence electrons. The molecular weight excluding hydrogens is 356 g/mol. The summed E-state index contributed by atoms with van der Waals surface area (Å²) in [5.41, 5.74) is 5.56. The lowest BCUT2D eigenvalue weighted by molar-refractivity contribution is -0.172. The molecule has 0 spiro atoms. The summed E-state index contributed by atoms with van der Waals surface area (Å²) in [6.45, 7) is -2.59. The minimum atomic E-state index is -4.26. The fourth-order valence-corrected chi connectivity index (χ4v) is 2.76. The van der Waals surface area contributed by atoms with Crippen LogP contribution in [-0.4, -0.2) is 75.1 Å². The summed E-state index contributed by atoms with van der Waals surface area (Å²) in [5, 5.41) is 0. The highest BCUT2D eigenvalue weighted by molar-refractivity contribution is 7.87. The van der Waals surface area contributed by atoms with Crippen LogP contribution in [0.5, 0.6) is 0 Å². The lowest BCUT2D eigenvalue weighted by atomic mass is 10.1. The molecule has 1 fully saturated rings. The van der Waals surface area contributed by atoms with Crippen molar-refractivity contribution in [1.82, 2.24) is 13.9 Å². The predicted octanol–water partition coefficient (Wildman–Crippen LogP) is -0.00720. The van der Waals surface area contributed by atoms with Crippen LogP contribution in [0, 0.1) is 0 Å². The molecule has 0 aromatic heterocycles. The van der Waals surface area contributed by atoms with Crippen molar-refractivity contribution in [2.24, 2.45) is 5.73 Å². The average molecular weight is 378 g/mol. The monoisotopic (exact) mass is 378 g/mol. The second-order valence-corrected chi connectivity index (χ2v) is 7.86. The van der Waals surface area contributed by atoms with E-state index in [-0.39, 0.29) is 13.0 Å². The highest BCUT2D eigenvalue weighted by atomic mass is 32.2. The van der Waals surface area contributed by atoms with Crippen molar-refractivity contribution in [2.45, 2.75) is 37.1 Å². The summed E-state index contributed by atoms with van der Waals surface area (Å²) in [7, 11) is -0.825. The molecule has 3 N–H and O–H groups in total. The van der Waals surface area contributed by atoms with Crippen LogP contribution in [0.1, 0.15) is 19.3 Å². The summed E-state index contributed by atoms with van der Waals surface area (Å²) in [6, 6.07) is -1.18. The van der Waals surface area contributed by atoms with Gasteiger partial charge in [-0.2, -0.15) is 30.3 Å². The van der Waals surface area contributed by atoms with E-state index in [1.165, 1.54) is 14.1 Å². The summed E-state index contributed by atoms with van der Waals surface area (Å²) in [4.78, 5) is 12.2. The van der Waals surface area contributed by atoms with Gasteiger partial charge in [0.25, 0.3) is 10.2 Å². The van der Waals surface area contributed by atoms with E-state index in [4.69, 9.17) is 5.73 Å². The van der Waals surface area contributed by atoms with Gasteiger partial charge >= 0.3 is 11.8 Å². The summed E-state index contributed by atoms with van der Waals surface area (Å²) in [6.07, 6.45) is 0.778. The van der Waals surface area contributed by atoms with Gasteiger partial charge in [0.2, 0.25) is 5.91 Å². The smallest absolute Gasteiger partial charge is 0.329 e. The van der Waals surface area contributed by atoms with E-state index in [1.54, 1.807) is 0 Å². The molecule has 0 aliphatic carbocycles. The van der Waals surface area contributed by atoms with Crippen molar-refractivity contribution in [3.8, 4) is 0 Å². The number of rotatable bonds is 8. The molecule has 1 aliphatic heterocycles. The molecule has 0 aromatic carbocycles. The van der Waals surface area contributed by atoms with Crippen molar-refractivity contribution in [3.05, 3.63) is 0 Å². The van der Waals surface area contributed by atoms with Crippen LogP contribution in [-0.2, 0) is 15.0 Å². The first-order valence-electron chi connectivity index (χ1n) is 7.27. The summed E-state index contributed by atoms with van der Waals surface area (Å²) < 4.78 is 78.4. The Bertz CT molecular complexity index is 541. The normalized spacial score (nSPS) is 21.2. The molecule has 1 atom stereocenters. The van der Waals surface area contributed by atoms with Crippen LogP contribution in [0.4, 0.5) is 17.6 Å². The molecule has 1 rings (SSSR count). The zero-order chi connectivity index (χ0) is 18.8. The number of hydrogen-bond donors (Lipinski definition) is 2. The number of hydrogen-bond acceptors (Lipinski definition) is 4. The SMILES string of the molecule is CN(C)S(=O)(=O)NCCCC[C@H](N)C(=O)N1CC(F)(F)C(F)(F)C1. The van der Waals surface area contributed by atoms with E-state index in [0.717, 1.165) is 4.31 Å². The second kappa shape index (κ2) is 7.50. The van der Waals surface area contributed by atoms with Crippen LogP contribution in [0.2, 0.25) is 0 Å². The Morgan fingerprint density at radius 1 is 1.21 bits per heavy atom. The fourth-order valence-electron chi connectivity index (χ4n) is 2.10. The molecule has 1 saturated heterocycles. The molecule has 7 nitrogen and oxygen atoms in total. The van der Waals surface area contributed by atoms with Gasteiger partial charge in [-0.25, -0.2) is 4.72 Å². The van der Waals surface area contributed by atoms with E-state index in [1.807, 2.05) is 0 Å². The Labute approximate surface area is 138 Å². The van der Waals surface area contributed by atoms with E-state index >= 15 is 0 Å². The molecule has 1 heterocycles. The highest BCUT2D eigenvalue weighted by Gasteiger charge is 2.64. The number of nitrogens with one attached hydrogen (secondary N) is 1. The van der Waals surface area contributed by atoms with Gasteiger partial charge in [-0.1, -0.05) is 6.42 Å². The Morgan fingerprint density at radius 2 is 1.71 bits per heavy atom. The van der Waals surface area contributed by atoms with Gasteiger partial charge in [-0.05, 0) is 12.8 Å². The molecule has 0 bridgehead atoms. The van der Waals surface area contributed by atoms with Crippen LogP contribution >= 0.6 is 0 Å². The van der Waals surface area contributed by atoms with Crippen molar-refractivity contribution in [3.63, 3.8) is 0 Å². The van der Waals surface area contributed by atoms with Gasteiger partial charge in [0.05, 0.1) is 19.1 Å². The van der Waals surface area contributed by atoms with E-state index < -0.39 is 47.1 Å². The number of unbranched alkanes of at least 4 members (excludes halogenated alkanes) is 1. The number of carbonyl (C=O) groups excluding carboxylic acids is 1. The maximum absolute atomic E-state index is 13.1. The largest absolute Gasteiger partial charge is 0.329 e. The number of carbonyl (C=O) groups is 1. The van der Waals surface area contributed by atoms with Gasteiger partial charge in [-0.3, -0.25) is 4.79 Å². The molecule has 1 aliphatic rings. The summed E-state index contributed by atoms with van der Waals surface area (Å²) >= 11 is 0. The predicted molar refractivity (Wildman–Crippen MR) is 78.9 cm³/mol. The van der Waals surface area contributed by atoms with Crippen LogP contribution in [0.15, 0.2) is 0 Å². The molecule has 0 radical (unpaired) electrons. The standard InChI is InChI=1S/C12H22F4N4O3S/c1-19(2)24(22,23)18-6-4-3-5-9(17)10(21)20-7-11(13,14)12(15,16)8-20/h9,18H,3-8,17H2,1-2H3/t9-/m0/s1. The minimum absolute atomic E-state index is 0.0795. The van der Waals surface area contributed by atoms with Crippen molar-refractivity contribution in [1.29, 1.82) is 0 Å². The molecule has 24 heavy (non-hydrogen) atoms. The van der Waals surface area contributed by atoms with Gasteiger partial charge < -0.3 is 10.6 Å². The molecule has 0 saturated carbocycles. The van der Waals surface area contributed by atoms with Gasteiger partial charge in [0.1, 0.15) is 0 Å². The van der Waals surface area contributed by atoms with E-state index in [9.17, 15) is 30.8 Å². The van der Waals surface area contributed by atoms with Crippen molar-refractivity contribution >= 4 is 16.1 Å². The number of nitrogens with zero attached hydrogens (tertiary/aromatic N) is 2. The molecule has 12 heteroatoms. The van der Waals surface area contributed by atoms with Gasteiger partial charge in [-0.15, -0.1) is 0 Å². The fraction of sp³-hybridized carbons (Fsp3) is 0.917. The zero-order valence-electron chi connectivity index (χ0n) is 13.4. The van der Waals surface area contributed by atoms with Crippen molar-refractivity contribution < 1.29 is 30.8 Å².